The summed E-state index contributed by atoms with van der Waals surface area (Å²) >= 11 is 1.48. The number of aldehydes is 1. The highest BCUT2D eigenvalue weighted by molar-refractivity contribution is 7.15. The van der Waals surface area contributed by atoms with Crippen LogP contribution in [0.1, 0.15) is 10.4 Å². The maximum atomic E-state index is 11.3. The third kappa shape index (κ3) is 1.87. The van der Waals surface area contributed by atoms with Gasteiger partial charge in [-0.25, -0.2) is 0 Å². The molecule has 0 radical (unpaired) electrons. The molecule has 0 amide bonds. The highest BCUT2D eigenvalue weighted by atomic mass is 32.1. The van der Waals surface area contributed by atoms with Gasteiger partial charge in [-0.05, 0) is 12.1 Å². The number of rotatable bonds is 4. The molecule has 0 bridgehead atoms. The smallest absolute Gasteiger partial charge is 0.176 e. The lowest BCUT2D eigenvalue weighted by molar-refractivity contribution is 0.112. The Balaban J connectivity index is 2.20. The Kier molecular flexibility index (Phi) is 3.20. The number of furan rings is 1. The molecule has 0 fully saturated rings. The first-order chi connectivity index (χ1) is 9.78. The van der Waals surface area contributed by atoms with Crippen LogP contribution in [-0.4, -0.2) is 20.4 Å². The summed E-state index contributed by atoms with van der Waals surface area (Å²) in [6, 6.07) is 7.64. The van der Waals surface area contributed by atoms with Crippen LogP contribution in [0.15, 0.2) is 34.1 Å². The first-order valence-corrected chi connectivity index (χ1v) is 6.97. The predicted octanol–water partition coefficient (Wildman–Crippen LogP) is 4.02. The third-order valence-corrected chi connectivity index (χ3v) is 4.18. The van der Waals surface area contributed by atoms with Crippen molar-refractivity contribution in [2.24, 2.45) is 0 Å². The van der Waals surface area contributed by atoms with E-state index in [0.29, 0.717) is 22.7 Å². The number of methoxy groups -OCH3 is 1. The molecular weight excluding hydrogens is 274 g/mol. The van der Waals surface area contributed by atoms with Gasteiger partial charge in [0.2, 0.25) is 0 Å². The minimum absolute atomic E-state index is 0.621. The van der Waals surface area contributed by atoms with Crippen LogP contribution >= 0.6 is 11.3 Å². The van der Waals surface area contributed by atoms with Crippen LogP contribution in [-0.2, 0) is 0 Å². The van der Waals surface area contributed by atoms with Crippen LogP contribution < -0.4 is 10.1 Å². The van der Waals surface area contributed by atoms with Gasteiger partial charge in [-0.15, -0.1) is 11.3 Å². The maximum absolute atomic E-state index is 11.3. The Morgan fingerprint density at radius 3 is 2.95 bits per heavy atom. The van der Waals surface area contributed by atoms with E-state index in [1.807, 2.05) is 29.6 Å². The molecule has 0 aliphatic carbocycles. The normalized spacial score (nSPS) is 10.7. The van der Waals surface area contributed by atoms with Crippen LogP contribution in [0.25, 0.3) is 22.3 Å². The van der Waals surface area contributed by atoms with E-state index in [2.05, 4.69) is 5.32 Å². The molecule has 5 heteroatoms. The van der Waals surface area contributed by atoms with Crippen LogP contribution in [0.2, 0.25) is 0 Å². The number of ether oxygens (including phenoxy) is 1. The third-order valence-electron chi connectivity index (χ3n) is 3.17. The quantitative estimate of drug-likeness (QED) is 0.736. The Morgan fingerprint density at radius 1 is 1.40 bits per heavy atom. The summed E-state index contributed by atoms with van der Waals surface area (Å²) in [6.07, 6.45) is 0.849. The molecule has 4 nitrogen and oxygen atoms in total. The SMILES string of the molecule is CNc1scc(-c2cc3cccc(OC)c3o2)c1C=O. The maximum Gasteiger partial charge on any atom is 0.176 e. The number of para-hydroxylation sites is 1. The van der Waals surface area contributed by atoms with Gasteiger partial charge in [-0.3, -0.25) is 4.79 Å². The van der Waals surface area contributed by atoms with Crippen molar-refractivity contribution in [2.45, 2.75) is 0 Å². The van der Waals surface area contributed by atoms with Gasteiger partial charge in [-0.1, -0.05) is 12.1 Å². The number of hydrogen-bond donors (Lipinski definition) is 1. The van der Waals surface area contributed by atoms with Crippen molar-refractivity contribution in [3.05, 3.63) is 35.2 Å². The molecule has 3 aromatic rings. The number of carbonyl (C=O) groups is 1. The summed E-state index contributed by atoms with van der Waals surface area (Å²) in [5.74, 6) is 1.36. The van der Waals surface area contributed by atoms with Gasteiger partial charge in [0.05, 0.1) is 17.7 Å². The fourth-order valence-electron chi connectivity index (χ4n) is 2.20. The van der Waals surface area contributed by atoms with Crippen molar-refractivity contribution in [1.29, 1.82) is 0 Å². The second-order valence-corrected chi connectivity index (χ2v) is 5.13. The van der Waals surface area contributed by atoms with Gasteiger partial charge in [0, 0.05) is 23.4 Å². The van der Waals surface area contributed by atoms with Crippen molar-refractivity contribution in [3.8, 4) is 17.1 Å². The summed E-state index contributed by atoms with van der Waals surface area (Å²) in [5.41, 5.74) is 2.11. The summed E-state index contributed by atoms with van der Waals surface area (Å²) in [7, 11) is 3.40. The topological polar surface area (TPSA) is 51.5 Å². The van der Waals surface area contributed by atoms with Gasteiger partial charge in [0.15, 0.2) is 17.6 Å². The molecule has 0 saturated heterocycles. The molecule has 0 spiro atoms. The first kappa shape index (κ1) is 12.7. The Labute approximate surface area is 120 Å². The summed E-state index contributed by atoms with van der Waals surface area (Å²) in [5, 5.41) is 6.72. The van der Waals surface area contributed by atoms with E-state index in [1.165, 1.54) is 11.3 Å². The number of carbonyl (C=O) groups excluding carboxylic acids is 1. The molecule has 0 atom stereocenters. The van der Waals surface area contributed by atoms with E-state index in [1.54, 1.807) is 14.2 Å². The molecule has 0 aliphatic rings. The number of benzene rings is 1. The van der Waals surface area contributed by atoms with Crippen LogP contribution in [0, 0.1) is 0 Å². The molecular formula is C15H13NO3S. The van der Waals surface area contributed by atoms with E-state index >= 15 is 0 Å². The van der Waals surface area contributed by atoms with Gasteiger partial charge in [0.1, 0.15) is 5.76 Å². The lowest BCUT2D eigenvalue weighted by Gasteiger charge is -1.99. The zero-order valence-corrected chi connectivity index (χ0v) is 11.9. The fourth-order valence-corrected chi connectivity index (χ4v) is 3.08. The van der Waals surface area contributed by atoms with E-state index in [4.69, 9.17) is 9.15 Å². The average molecular weight is 287 g/mol. The monoisotopic (exact) mass is 287 g/mol. The second kappa shape index (κ2) is 5.02. The summed E-state index contributed by atoms with van der Waals surface area (Å²) in [6.45, 7) is 0. The molecule has 20 heavy (non-hydrogen) atoms. The Morgan fingerprint density at radius 2 is 2.25 bits per heavy atom. The number of thiophene rings is 1. The van der Waals surface area contributed by atoms with E-state index < -0.39 is 0 Å². The van der Waals surface area contributed by atoms with Crippen LogP contribution in [0.5, 0.6) is 5.75 Å². The highest BCUT2D eigenvalue weighted by Gasteiger charge is 2.16. The lowest BCUT2D eigenvalue weighted by Crippen LogP contribution is -1.89. The second-order valence-electron chi connectivity index (χ2n) is 4.25. The van der Waals surface area contributed by atoms with E-state index in [9.17, 15) is 4.79 Å². The highest BCUT2D eigenvalue weighted by Crippen LogP contribution is 2.38. The lowest BCUT2D eigenvalue weighted by atomic mass is 10.1. The van der Waals surface area contributed by atoms with Crippen molar-refractivity contribution < 1.29 is 13.9 Å². The number of anilines is 1. The number of fused-ring (bicyclic) bond motifs is 1. The van der Waals surface area contributed by atoms with Crippen molar-refractivity contribution in [1.82, 2.24) is 0 Å². The van der Waals surface area contributed by atoms with Gasteiger partial charge < -0.3 is 14.5 Å². The molecule has 0 saturated carbocycles. The zero-order chi connectivity index (χ0) is 14.1. The van der Waals surface area contributed by atoms with Crippen molar-refractivity contribution in [3.63, 3.8) is 0 Å². The number of hydrogen-bond acceptors (Lipinski definition) is 5. The van der Waals surface area contributed by atoms with Crippen LogP contribution in [0.4, 0.5) is 5.00 Å². The van der Waals surface area contributed by atoms with Crippen LogP contribution in [0.3, 0.4) is 0 Å². The standard InChI is InChI=1S/C15H13NO3S/c1-16-15-10(7-17)11(8-20-15)13-6-9-4-3-5-12(18-2)14(9)19-13/h3-8,16H,1-2H3. The molecule has 0 aliphatic heterocycles. The molecule has 3 rings (SSSR count). The molecule has 1 aromatic carbocycles. The van der Waals surface area contributed by atoms with Crippen molar-refractivity contribution in [2.75, 3.05) is 19.5 Å². The molecule has 1 N–H and O–H groups in total. The zero-order valence-electron chi connectivity index (χ0n) is 11.1. The van der Waals surface area contributed by atoms with Gasteiger partial charge in [0.25, 0.3) is 0 Å². The Hall–Kier alpha value is -2.27. The van der Waals surface area contributed by atoms with E-state index in [0.717, 1.165) is 22.2 Å². The summed E-state index contributed by atoms with van der Waals surface area (Å²) < 4.78 is 11.2. The first-order valence-electron chi connectivity index (χ1n) is 6.09. The fraction of sp³-hybridized carbons (Fsp3) is 0.133. The van der Waals surface area contributed by atoms with E-state index in [-0.39, 0.29) is 0 Å². The minimum atomic E-state index is 0.621. The molecule has 2 aromatic heterocycles. The average Bonchev–Trinajstić information content (AvgIpc) is 3.08. The predicted molar refractivity (Wildman–Crippen MR) is 81.0 cm³/mol. The molecule has 102 valence electrons. The molecule has 0 unspecified atom stereocenters. The summed E-state index contributed by atoms with van der Waals surface area (Å²) in [4.78, 5) is 11.3. The largest absolute Gasteiger partial charge is 0.493 e. The Bertz CT molecular complexity index is 773. The van der Waals surface area contributed by atoms with Gasteiger partial charge in [-0.2, -0.15) is 0 Å². The minimum Gasteiger partial charge on any atom is -0.493 e. The molecule has 2 heterocycles. The number of nitrogens with one attached hydrogen (secondary N) is 1. The van der Waals surface area contributed by atoms with Crippen molar-refractivity contribution >= 4 is 33.6 Å². The van der Waals surface area contributed by atoms with Gasteiger partial charge >= 0.3 is 0 Å².